The molecule has 1 heterocycles. The number of thiophene rings is 1. The zero-order valence-corrected chi connectivity index (χ0v) is 12.7. The number of aliphatic hydroxyl groups excluding tert-OH is 1. The fourth-order valence-electron chi connectivity index (χ4n) is 1.58. The number of nitrogens with one attached hydrogen (secondary N) is 1. The second-order valence-electron chi connectivity index (χ2n) is 3.93. The van der Waals surface area contributed by atoms with Gasteiger partial charge in [0.05, 0.1) is 6.10 Å². The SMILES string of the molecule is OC(CNCc1cc(Br)cs1)c1ccc(Cl)cc1. The highest BCUT2D eigenvalue weighted by Gasteiger charge is 2.07. The Morgan fingerprint density at radius 2 is 2.06 bits per heavy atom. The summed E-state index contributed by atoms with van der Waals surface area (Å²) in [5, 5.41) is 15.9. The summed E-state index contributed by atoms with van der Waals surface area (Å²) >= 11 is 10.9. The maximum atomic E-state index is 9.98. The van der Waals surface area contributed by atoms with Gasteiger partial charge >= 0.3 is 0 Å². The van der Waals surface area contributed by atoms with Gasteiger partial charge < -0.3 is 10.4 Å². The molecule has 1 aromatic heterocycles. The van der Waals surface area contributed by atoms with Gasteiger partial charge in [-0.05, 0) is 39.7 Å². The summed E-state index contributed by atoms with van der Waals surface area (Å²) in [5.74, 6) is 0. The predicted molar refractivity (Wildman–Crippen MR) is 80.1 cm³/mol. The van der Waals surface area contributed by atoms with Crippen LogP contribution in [0.5, 0.6) is 0 Å². The van der Waals surface area contributed by atoms with Gasteiger partial charge in [0, 0.05) is 32.8 Å². The van der Waals surface area contributed by atoms with E-state index in [2.05, 4.69) is 27.3 Å². The van der Waals surface area contributed by atoms with Gasteiger partial charge in [-0.15, -0.1) is 11.3 Å². The molecule has 5 heteroatoms. The lowest BCUT2D eigenvalue weighted by molar-refractivity contribution is 0.174. The first-order valence-electron chi connectivity index (χ1n) is 5.52. The van der Waals surface area contributed by atoms with Crippen molar-refractivity contribution < 1.29 is 5.11 Å². The number of halogens is 2. The van der Waals surface area contributed by atoms with E-state index in [9.17, 15) is 5.11 Å². The Balaban J connectivity index is 1.81. The molecule has 0 aliphatic carbocycles. The second kappa shape index (κ2) is 6.68. The van der Waals surface area contributed by atoms with Crippen molar-refractivity contribution in [3.8, 4) is 0 Å². The Labute approximate surface area is 124 Å². The molecule has 1 unspecified atom stereocenters. The molecule has 18 heavy (non-hydrogen) atoms. The molecule has 2 N–H and O–H groups in total. The van der Waals surface area contributed by atoms with Crippen LogP contribution in [0.4, 0.5) is 0 Å². The highest BCUT2D eigenvalue weighted by Crippen LogP contribution is 2.20. The van der Waals surface area contributed by atoms with E-state index in [1.54, 1.807) is 23.5 Å². The lowest BCUT2D eigenvalue weighted by Crippen LogP contribution is -2.20. The zero-order chi connectivity index (χ0) is 13.0. The number of hydrogen-bond donors (Lipinski definition) is 2. The van der Waals surface area contributed by atoms with Crippen molar-refractivity contribution in [1.82, 2.24) is 5.32 Å². The normalized spacial score (nSPS) is 12.6. The molecule has 0 saturated heterocycles. The van der Waals surface area contributed by atoms with Crippen LogP contribution in [0.2, 0.25) is 5.02 Å². The number of hydrogen-bond acceptors (Lipinski definition) is 3. The van der Waals surface area contributed by atoms with Crippen LogP contribution in [-0.4, -0.2) is 11.7 Å². The number of benzene rings is 1. The Morgan fingerprint density at radius 3 is 2.67 bits per heavy atom. The monoisotopic (exact) mass is 345 g/mol. The molecule has 1 aromatic carbocycles. The van der Waals surface area contributed by atoms with Crippen LogP contribution in [0.1, 0.15) is 16.5 Å². The fourth-order valence-corrected chi connectivity index (χ4v) is 3.13. The molecule has 2 rings (SSSR count). The summed E-state index contributed by atoms with van der Waals surface area (Å²) in [6.45, 7) is 1.29. The molecule has 0 radical (unpaired) electrons. The van der Waals surface area contributed by atoms with E-state index in [1.807, 2.05) is 17.5 Å². The number of rotatable bonds is 5. The first-order chi connectivity index (χ1) is 8.65. The van der Waals surface area contributed by atoms with Crippen molar-refractivity contribution >= 4 is 38.9 Å². The van der Waals surface area contributed by atoms with Gasteiger partial charge in [0.15, 0.2) is 0 Å². The van der Waals surface area contributed by atoms with Crippen molar-refractivity contribution in [1.29, 1.82) is 0 Å². The molecule has 0 spiro atoms. The van der Waals surface area contributed by atoms with Crippen LogP contribution >= 0.6 is 38.9 Å². The maximum absolute atomic E-state index is 9.98. The lowest BCUT2D eigenvalue weighted by Gasteiger charge is -2.11. The highest BCUT2D eigenvalue weighted by molar-refractivity contribution is 9.10. The van der Waals surface area contributed by atoms with E-state index < -0.39 is 6.10 Å². The van der Waals surface area contributed by atoms with Gasteiger partial charge in [-0.3, -0.25) is 0 Å². The quantitative estimate of drug-likeness (QED) is 0.858. The van der Waals surface area contributed by atoms with Gasteiger partial charge in [-0.1, -0.05) is 23.7 Å². The fraction of sp³-hybridized carbons (Fsp3) is 0.231. The molecule has 0 bridgehead atoms. The van der Waals surface area contributed by atoms with E-state index in [-0.39, 0.29) is 0 Å². The molecule has 2 nitrogen and oxygen atoms in total. The third kappa shape index (κ3) is 4.07. The molecule has 96 valence electrons. The summed E-state index contributed by atoms with van der Waals surface area (Å²) in [7, 11) is 0. The van der Waals surface area contributed by atoms with Crippen LogP contribution in [0.25, 0.3) is 0 Å². The van der Waals surface area contributed by atoms with E-state index in [4.69, 9.17) is 11.6 Å². The third-order valence-electron chi connectivity index (χ3n) is 2.51. The number of aliphatic hydroxyl groups is 1. The van der Waals surface area contributed by atoms with Crippen molar-refractivity contribution in [3.05, 3.63) is 55.6 Å². The zero-order valence-electron chi connectivity index (χ0n) is 9.57. The minimum atomic E-state index is -0.509. The summed E-state index contributed by atoms with van der Waals surface area (Å²) in [6, 6.07) is 9.34. The highest BCUT2D eigenvalue weighted by atomic mass is 79.9. The third-order valence-corrected chi connectivity index (χ3v) is 4.46. The van der Waals surface area contributed by atoms with Crippen molar-refractivity contribution in [3.63, 3.8) is 0 Å². The van der Waals surface area contributed by atoms with Crippen LogP contribution in [0.15, 0.2) is 40.2 Å². The van der Waals surface area contributed by atoms with Gasteiger partial charge in [0.2, 0.25) is 0 Å². The molecular weight excluding hydrogens is 334 g/mol. The molecule has 1 atom stereocenters. The van der Waals surface area contributed by atoms with Crippen LogP contribution in [-0.2, 0) is 6.54 Å². The van der Waals surface area contributed by atoms with Gasteiger partial charge in [0.25, 0.3) is 0 Å². The molecule has 0 aliphatic heterocycles. The first-order valence-corrected chi connectivity index (χ1v) is 7.57. The Kier molecular flexibility index (Phi) is 5.21. The summed E-state index contributed by atoms with van der Waals surface area (Å²) < 4.78 is 1.10. The molecule has 0 fully saturated rings. The average molecular weight is 347 g/mol. The summed E-state index contributed by atoms with van der Waals surface area (Å²) in [5.41, 5.74) is 0.874. The summed E-state index contributed by atoms with van der Waals surface area (Å²) in [4.78, 5) is 1.24. The standard InChI is InChI=1S/C13H13BrClNOS/c14-10-5-12(18-8-10)6-16-7-13(17)9-1-3-11(15)4-2-9/h1-5,8,13,16-17H,6-7H2. The van der Waals surface area contributed by atoms with E-state index >= 15 is 0 Å². The van der Waals surface area contributed by atoms with Crippen molar-refractivity contribution in [2.24, 2.45) is 0 Å². The lowest BCUT2D eigenvalue weighted by atomic mass is 10.1. The maximum Gasteiger partial charge on any atom is 0.0914 e. The van der Waals surface area contributed by atoms with Crippen molar-refractivity contribution in [2.45, 2.75) is 12.6 Å². The largest absolute Gasteiger partial charge is 0.387 e. The smallest absolute Gasteiger partial charge is 0.0914 e. The average Bonchev–Trinajstić information content (AvgIpc) is 2.76. The van der Waals surface area contributed by atoms with E-state index in [0.29, 0.717) is 11.6 Å². The Bertz CT molecular complexity index is 500. The molecule has 2 aromatic rings. The van der Waals surface area contributed by atoms with Gasteiger partial charge in [0.1, 0.15) is 0 Å². The van der Waals surface area contributed by atoms with E-state index in [0.717, 1.165) is 16.6 Å². The minimum absolute atomic E-state index is 0.509. The van der Waals surface area contributed by atoms with Crippen LogP contribution in [0.3, 0.4) is 0 Å². The topological polar surface area (TPSA) is 32.3 Å². The molecule has 0 saturated carbocycles. The van der Waals surface area contributed by atoms with Crippen LogP contribution in [0, 0.1) is 0 Å². The molecule has 0 aliphatic rings. The molecular formula is C13H13BrClNOS. The van der Waals surface area contributed by atoms with E-state index in [1.165, 1.54) is 4.88 Å². The minimum Gasteiger partial charge on any atom is -0.387 e. The van der Waals surface area contributed by atoms with Gasteiger partial charge in [-0.2, -0.15) is 0 Å². The predicted octanol–water partition coefficient (Wildman–Crippen LogP) is 3.99. The summed E-state index contributed by atoms with van der Waals surface area (Å²) in [6.07, 6.45) is -0.509. The molecule has 0 amide bonds. The Morgan fingerprint density at radius 1 is 1.33 bits per heavy atom. The Hall–Kier alpha value is -0.390. The van der Waals surface area contributed by atoms with Crippen molar-refractivity contribution in [2.75, 3.05) is 6.54 Å². The van der Waals surface area contributed by atoms with Crippen LogP contribution < -0.4 is 5.32 Å². The first kappa shape index (κ1) is 14.0. The second-order valence-corrected chi connectivity index (χ2v) is 6.28. The van der Waals surface area contributed by atoms with Gasteiger partial charge in [-0.25, -0.2) is 0 Å².